The number of nitrogens with two attached hydrogens (primary N) is 1. The highest BCUT2D eigenvalue weighted by molar-refractivity contribution is 4.87. The van der Waals surface area contributed by atoms with Crippen LogP contribution in [0.3, 0.4) is 0 Å². The lowest BCUT2D eigenvalue weighted by Crippen LogP contribution is -2.12. The number of hydrogen-bond acceptors (Lipinski definition) is 3. The van der Waals surface area contributed by atoms with Crippen LogP contribution in [0.5, 0.6) is 0 Å². The van der Waals surface area contributed by atoms with Crippen LogP contribution in [0.15, 0.2) is 0 Å². The van der Waals surface area contributed by atoms with E-state index in [2.05, 4.69) is 10.1 Å². The molecule has 1 aromatic rings. The van der Waals surface area contributed by atoms with Gasteiger partial charge in [0.2, 0.25) is 0 Å². The summed E-state index contributed by atoms with van der Waals surface area (Å²) < 4.78 is 1.81. The average Bonchev–Trinajstić information content (AvgIpc) is 2.35. The molecule has 0 aliphatic carbocycles. The molecule has 0 bridgehead atoms. The van der Waals surface area contributed by atoms with Crippen molar-refractivity contribution in [2.24, 2.45) is 5.73 Å². The van der Waals surface area contributed by atoms with Crippen molar-refractivity contribution in [3.05, 3.63) is 11.6 Å². The van der Waals surface area contributed by atoms with Crippen LogP contribution in [0.1, 0.15) is 25.5 Å². The van der Waals surface area contributed by atoms with E-state index in [4.69, 9.17) is 5.73 Å². The van der Waals surface area contributed by atoms with Gasteiger partial charge in [-0.3, -0.25) is 0 Å². The van der Waals surface area contributed by atoms with Crippen LogP contribution in [0.25, 0.3) is 0 Å². The van der Waals surface area contributed by atoms with E-state index in [0.717, 1.165) is 18.2 Å². The molecule has 1 heterocycles. The second-order valence-corrected chi connectivity index (χ2v) is 2.22. The topological polar surface area (TPSA) is 56.7 Å². The van der Waals surface area contributed by atoms with Crippen LogP contribution in [-0.4, -0.2) is 21.3 Å². The standard InChI is InChI=1S/C6H12N4.C2H6/c1-5-8-6(2)10(9-5)4-3-7;1-2/h3-4,7H2,1-2H3;1-2H3. The van der Waals surface area contributed by atoms with Gasteiger partial charge >= 0.3 is 0 Å². The molecule has 0 fully saturated rings. The fourth-order valence-corrected chi connectivity index (χ4v) is 0.895. The number of rotatable bonds is 2. The number of nitrogens with zero attached hydrogens (tertiary/aromatic N) is 3. The summed E-state index contributed by atoms with van der Waals surface area (Å²) in [4.78, 5) is 4.13. The van der Waals surface area contributed by atoms with Crippen LogP contribution in [0, 0.1) is 13.8 Å². The van der Waals surface area contributed by atoms with E-state index in [1.165, 1.54) is 0 Å². The van der Waals surface area contributed by atoms with Gasteiger partial charge < -0.3 is 5.73 Å². The normalized spacial score (nSPS) is 9.08. The van der Waals surface area contributed by atoms with Crippen molar-refractivity contribution in [3.63, 3.8) is 0 Å². The molecule has 1 rings (SSSR count). The van der Waals surface area contributed by atoms with E-state index in [9.17, 15) is 0 Å². The highest BCUT2D eigenvalue weighted by atomic mass is 15.3. The third-order valence-electron chi connectivity index (χ3n) is 1.30. The van der Waals surface area contributed by atoms with Crippen molar-refractivity contribution in [1.82, 2.24) is 14.8 Å². The van der Waals surface area contributed by atoms with Gasteiger partial charge in [-0.25, -0.2) is 9.67 Å². The second kappa shape index (κ2) is 5.71. The van der Waals surface area contributed by atoms with Gasteiger partial charge in [-0.15, -0.1) is 0 Å². The molecule has 0 amide bonds. The average molecular weight is 170 g/mol. The maximum Gasteiger partial charge on any atom is 0.147 e. The molecule has 0 atom stereocenters. The Balaban J connectivity index is 0.000000561. The lowest BCUT2D eigenvalue weighted by atomic mass is 10.6. The van der Waals surface area contributed by atoms with Gasteiger partial charge in [0, 0.05) is 6.54 Å². The molecule has 0 saturated heterocycles. The molecule has 2 N–H and O–H groups in total. The maximum absolute atomic E-state index is 5.35. The van der Waals surface area contributed by atoms with Gasteiger partial charge in [0.15, 0.2) is 0 Å². The largest absolute Gasteiger partial charge is 0.329 e. The maximum atomic E-state index is 5.35. The van der Waals surface area contributed by atoms with Crippen molar-refractivity contribution in [2.45, 2.75) is 34.2 Å². The molecule has 0 aliphatic rings. The molecule has 4 heteroatoms. The Labute approximate surface area is 73.8 Å². The van der Waals surface area contributed by atoms with Crippen molar-refractivity contribution in [3.8, 4) is 0 Å². The Morgan fingerprint density at radius 3 is 2.25 bits per heavy atom. The summed E-state index contributed by atoms with van der Waals surface area (Å²) in [6.45, 7) is 9.17. The second-order valence-electron chi connectivity index (χ2n) is 2.22. The summed E-state index contributed by atoms with van der Waals surface area (Å²) in [7, 11) is 0. The minimum absolute atomic E-state index is 0.615. The van der Waals surface area contributed by atoms with Crippen LogP contribution >= 0.6 is 0 Å². The zero-order chi connectivity index (χ0) is 9.56. The van der Waals surface area contributed by atoms with Gasteiger partial charge in [0.05, 0.1) is 6.54 Å². The molecule has 0 aliphatic heterocycles. The third kappa shape index (κ3) is 3.00. The van der Waals surface area contributed by atoms with Crippen molar-refractivity contribution in [1.29, 1.82) is 0 Å². The molecule has 0 spiro atoms. The summed E-state index contributed by atoms with van der Waals surface area (Å²) >= 11 is 0. The molecule has 0 saturated carbocycles. The molecule has 0 unspecified atom stereocenters. The smallest absolute Gasteiger partial charge is 0.147 e. The minimum Gasteiger partial charge on any atom is -0.329 e. The van der Waals surface area contributed by atoms with E-state index >= 15 is 0 Å². The van der Waals surface area contributed by atoms with E-state index in [1.54, 1.807) is 0 Å². The molecule has 12 heavy (non-hydrogen) atoms. The van der Waals surface area contributed by atoms with Crippen LogP contribution in [0.2, 0.25) is 0 Å². The first-order valence-electron chi connectivity index (χ1n) is 4.32. The molecule has 4 nitrogen and oxygen atoms in total. The predicted molar refractivity (Wildman–Crippen MR) is 49.9 cm³/mol. The predicted octanol–water partition coefficient (Wildman–Crippen LogP) is 0.880. The van der Waals surface area contributed by atoms with Gasteiger partial charge in [-0.2, -0.15) is 5.10 Å². The zero-order valence-electron chi connectivity index (χ0n) is 8.33. The summed E-state index contributed by atoms with van der Waals surface area (Å²) in [5, 5.41) is 4.13. The molecule has 0 aromatic carbocycles. The summed E-state index contributed by atoms with van der Waals surface area (Å²) in [6.07, 6.45) is 0. The Kier molecular flexibility index (Phi) is 5.28. The fraction of sp³-hybridized carbons (Fsp3) is 0.750. The Morgan fingerprint density at radius 1 is 1.33 bits per heavy atom. The van der Waals surface area contributed by atoms with Gasteiger partial charge in [0.25, 0.3) is 0 Å². The van der Waals surface area contributed by atoms with Crippen LogP contribution in [-0.2, 0) is 6.54 Å². The minimum atomic E-state index is 0.615. The highest BCUT2D eigenvalue weighted by Gasteiger charge is 1.98. The Bertz CT molecular complexity index is 217. The van der Waals surface area contributed by atoms with Crippen molar-refractivity contribution >= 4 is 0 Å². The van der Waals surface area contributed by atoms with Gasteiger partial charge in [-0.1, -0.05) is 13.8 Å². The number of aromatic nitrogens is 3. The van der Waals surface area contributed by atoms with E-state index in [-0.39, 0.29) is 0 Å². The Morgan fingerprint density at radius 2 is 1.92 bits per heavy atom. The molecular weight excluding hydrogens is 152 g/mol. The molecule has 70 valence electrons. The van der Waals surface area contributed by atoms with E-state index in [1.807, 2.05) is 32.4 Å². The molecule has 0 radical (unpaired) electrons. The zero-order valence-corrected chi connectivity index (χ0v) is 8.33. The first kappa shape index (κ1) is 11.1. The highest BCUT2D eigenvalue weighted by Crippen LogP contribution is 1.93. The first-order valence-corrected chi connectivity index (χ1v) is 4.32. The first-order chi connectivity index (χ1) is 5.74. The summed E-state index contributed by atoms with van der Waals surface area (Å²) in [6, 6.07) is 0. The quantitative estimate of drug-likeness (QED) is 0.716. The fourth-order valence-electron chi connectivity index (χ4n) is 0.895. The van der Waals surface area contributed by atoms with Gasteiger partial charge in [0.1, 0.15) is 11.6 Å². The van der Waals surface area contributed by atoms with E-state index < -0.39 is 0 Å². The third-order valence-corrected chi connectivity index (χ3v) is 1.30. The Hall–Kier alpha value is -0.900. The lowest BCUT2D eigenvalue weighted by molar-refractivity contribution is 0.601. The van der Waals surface area contributed by atoms with Crippen LogP contribution in [0.4, 0.5) is 0 Å². The number of aryl methyl sites for hydroxylation is 2. The molecular formula is C8H18N4. The summed E-state index contributed by atoms with van der Waals surface area (Å²) in [5.41, 5.74) is 5.35. The molecule has 1 aromatic heterocycles. The SMILES string of the molecule is CC.Cc1nc(C)n(CCN)n1. The van der Waals surface area contributed by atoms with Crippen LogP contribution < -0.4 is 5.73 Å². The van der Waals surface area contributed by atoms with Gasteiger partial charge in [-0.05, 0) is 13.8 Å². The monoisotopic (exact) mass is 170 g/mol. The van der Waals surface area contributed by atoms with E-state index in [0.29, 0.717) is 6.54 Å². The number of hydrogen-bond donors (Lipinski definition) is 1. The van der Waals surface area contributed by atoms with Crippen molar-refractivity contribution in [2.75, 3.05) is 6.54 Å². The summed E-state index contributed by atoms with van der Waals surface area (Å²) in [5.74, 6) is 1.74. The van der Waals surface area contributed by atoms with Crippen molar-refractivity contribution < 1.29 is 0 Å². The lowest BCUT2D eigenvalue weighted by Gasteiger charge is -1.96.